The van der Waals surface area contributed by atoms with Crippen molar-refractivity contribution in [3.8, 4) is 0 Å². The molecule has 1 saturated heterocycles. The first-order valence-electron chi connectivity index (χ1n) is 5.61. The number of aliphatic carboxylic acids is 1. The van der Waals surface area contributed by atoms with Gasteiger partial charge in [-0.1, -0.05) is 0 Å². The Labute approximate surface area is 103 Å². The summed E-state index contributed by atoms with van der Waals surface area (Å²) < 4.78 is 13.0. The predicted octanol–water partition coefficient (Wildman–Crippen LogP) is 1.30. The minimum atomic E-state index is -1.22. The fourth-order valence-electron chi connectivity index (χ4n) is 2.20. The highest BCUT2D eigenvalue weighted by molar-refractivity contribution is 5.97. The molecular weight excluding hydrogens is 239 g/mol. The largest absolute Gasteiger partial charge is 0.480 e. The Morgan fingerprint density at radius 1 is 1.50 bits per heavy atom. The number of carbonyl (C=O) groups excluding carboxylic acids is 1. The number of hydrogen-bond donors (Lipinski definition) is 1. The van der Waals surface area contributed by atoms with E-state index in [0.717, 1.165) is 12.3 Å². The van der Waals surface area contributed by atoms with Gasteiger partial charge in [0.15, 0.2) is 0 Å². The van der Waals surface area contributed by atoms with Crippen molar-refractivity contribution in [3.05, 3.63) is 29.8 Å². The summed E-state index contributed by atoms with van der Waals surface area (Å²) in [6.07, 6.45) is 3.26. The number of carbonyl (C=O) groups is 2. The maximum absolute atomic E-state index is 13.0. The van der Waals surface area contributed by atoms with Crippen molar-refractivity contribution >= 4 is 11.9 Å². The number of likely N-dealkylation sites (tertiary alicyclic amines) is 1. The van der Waals surface area contributed by atoms with Crippen LogP contribution in [0, 0.1) is 5.82 Å². The highest BCUT2D eigenvalue weighted by atomic mass is 19.1. The van der Waals surface area contributed by atoms with Crippen LogP contribution >= 0.6 is 0 Å². The van der Waals surface area contributed by atoms with Gasteiger partial charge >= 0.3 is 5.97 Å². The van der Waals surface area contributed by atoms with Crippen LogP contribution in [0.4, 0.5) is 4.39 Å². The molecule has 1 aromatic heterocycles. The van der Waals surface area contributed by atoms with Gasteiger partial charge in [-0.3, -0.25) is 9.78 Å². The number of carboxylic acid groups (broad SMARTS) is 1. The molecular formula is C12H13FN2O3. The lowest BCUT2D eigenvalue weighted by molar-refractivity contribution is -0.147. The number of pyridine rings is 1. The van der Waals surface area contributed by atoms with Crippen molar-refractivity contribution in [1.82, 2.24) is 9.88 Å². The van der Waals surface area contributed by atoms with Crippen molar-refractivity contribution in [1.29, 1.82) is 0 Å². The van der Waals surface area contributed by atoms with Crippen LogP contribution < -0.4 is 0 Å². The fourth-order valence-corrected chi connectivity index (χ4v) is 2.20. The van der Waals surface area contributed by atoms with E-state index in [9.17, 15) is 19.1 Å². The first-order valence-corrected chi connectivity index (χ1v) is 5.61. The third-order valence-corrected chi connectivity index (χ3v) is 3.30. The number of hydrogen-bond acceptors (Lipinski definition) is 3. The minimum Gasteiger partial charge on any atom is -0.480 e. The van der Waals surface area contributed by atoms with Gasteiger partial charge < -0.3 is 10.0 Å². The number of carboxylic acids is 1. The van der Waals surface area contributed by atoms with E-state index in [1.807, 2.05) is 0 Å². The molecule has 1 aromatic rings. The molecule has 0 spiro atoms. The van der Waals surface area contributed by atoms with Gasteiger partial charge in [0.05, 0.1) is 11.8 Å². The van der Waals surface area contributed by atoms with Crippen LogP contribution in [-0.4, -0.2) is 39.0 Å². The smallest absolute Gasteiger partial charge is 0.329 e. The fraction of sp³-hybridized carbons (Fsp3) is 0.417. The first-order chi connectivity index (χ1) is 8.45. The summed E-state index contributed by atoms with van der Waals surface area (Å²) in [6.45, 7) is 1.87. The third-order valence-electron chi connectivity index (χ3n) is 3.30. The average Bonchev–Trinajstić information content (AvgIpc) is 2.72. The van der Waals surface area contributed by atoms with Crippen LogP contribution in [0.2, 0.25) is 0 Å². The van der Waals surface area contributed by atoms with E-state index in [1.165, 1.54) is 18.0 Å². The van der Waals surface area contributed by atoms with Crippen LogP contribution in [0.1, 0.15) is 30.1 Å². The zero-order valence-electron chi connectivity index (χ0n) is 9.89. The van der Waals surface area contributed by atoms with Crippen molar-refractivity contribution < 1.29 is 19.1 Å². The van der Waals surface area contributed by atoms with E-state index in [-0.39, 0.29) is 5.56 Å². The van der Waals surface area contributed by atoms with Gasteiger partial charge in [-0.25, -0.2) is 9.18 Å². The van der Waals surface area contributed by atoms with E-state index >= 15 is 0 Å². The SMILES string of the molecule is CC1(C(=O)O)CCCN1C(=O)c1cncc(F)c1. The zero-order chi connectivity index (χ0) is 13.3. The number of amides is 1. The van der Waals surface area contributed by atoms with Crippen LogP contribution in [0.15, 0.2) is 18.5 Å². The lowest BCUT2D eigenvalue weighted by Gasteiger charge is -2.31. The summed E-state index contributed by atoms with van der Waals surface area (Å²) in [6, 6.07) is 1.07. The van der Waals surface area contributed by atoms with Gasteiger partial charge in [0.1, 0.15) is 11.4 Å². The molecule has 0 saturated carbocycles. The van der Waals surface area contributed by atoms with E-state index in [1.54, 1.807) is 0 Å². The summed E-state index contributed by atoms with van der Waals surface area (Å²) in [5, 5.41) is 9.21. The third kappa shape index (κ3) is 1.94. The van der Waals surface area contributed by atoms with Gasteiger partial charge in [0.2, 0.25) is 0 Å². The molecule has 1 fully saturated rings. The van der Waals surface area contributed by atoms with Gasteiger partial charge in [-0.15, -0.1) is 0 Å². The summed E-state index contributed by atoms with van der Waals surface area (Å²) in [4.78, 5) is 28.3. The highest BCUT2D eigenvalue weighted by Gasteiger charge is 2.46. The molecule has 0 aliphatic carbocycles. The van der Waals surface area contributed by atoms with Crippen molar-refractivity contribution in [2.24, 2.45) is 0 Å². The molecule has 6 heteroatoms. The topological polar surface area (TPSA) is 70.5 Å². The molecule has 1 unspecified atom stereocenters. The zero-order valence-corrected chi connectivity index (χ0v) is 9.89. The number of nitrogens with zero attached hydrogens (tertiary/aromatic N) is 2. The van der Waals surface area contributed by atoms with E-state index < -0.39 is 23.2 Å². The quantitative estimate of drug-likeness (QED) is 0.861. The molecule has 96 valence electrons. The lowest BCUT2D eigenvalue weighted by atomic mass is 9.99. The molecule has 1 atom stereocenters. The Kier molecular flexibility index (Phi) is 3.02. The molecule has 18 heavy (non-hydrogen) atoms. The van der Waals surface area contributed by atoms with Crippen molar-refractivity contribution in [2.45, 2.75) is 25.3 Å². The summed E-state index contributed by atoms with van der Waals surface area (Å²) in [5.74, 6) is -2.15. The second kappa shape index (κ2) is 4.36. The Morgan fingerprint density at radius 2 is 2.22 bits per heavy atom. The molecule has 1 aliphatic rings. The Morgan fingerprint density at radius 3 is 2.83 bits per heavy atom. The van der Waals surface area contributed by atoms with Crippen LogP contribution in [-0.2, 0) is 4.79 Å². The average molecular weight is 252 g/mol. The molecule has 0 aromatic carbocycles. The first kappa shape index (κ1) is 12.5. The maximum atomic E-state index is 13.0. The molecule has 5 nitrogen and oxygen atoms in total. The standard InChI is InChI=1S/C12H13FN2O3/c1-12(11(17)18)3-2-4-15(12)10(16)8-5-9(13)7-14-6-8/h5-7H,2-4H2,1H3,(H,17,18). The molecule has 0 radical (unpaired) electrons. The summed E-state index contributed by atoms with van der Waals surface area (Å²) >= 11 is 0. The van der Waals surface area contributed by atoms with Crippen LogP contribution in [0.25, 0.3) is 0 Å². The van der Waals surface area contributed by atoms with E-state index in [2.05, 4.69) is 4.98 Å². The molecule has 2 rings (SSSR count). The van der Waals surface area contributed by atoms with Crippen molar-refractivity contribution in [2.75, 3.05) is 6.54 Å². The summed E-state index contributed by atoms with van der Waals surface area (Å²) in [5.41, 5.74) is -1.15. The Balaban J connectivity index is 2.32. The summed E-state index contributed by atoms with van der Waals surface area (Å²) in [7, 11) is 0. The molecule has 0 bridgehead atoms. The highest BCUT2D eigenvalue weighted by Crippen LogP contribution is 2.30. The molecule has 2 heterocycles. The van der Waals surface area contributed by atoms with Gasteiger partial charge in [-0.05, 0) is 25.8 Å². The van der Waals surface area contributed by atoms with Crippen molar-refractivity contribution in [3.63, 3.8) is 0 Å². The normalized spacial score (nSPS) is 23.1. The van der Waals surface area contributed by atoms with Gasteiger partial charge in [0.25, 0.3) is 5.91 Å². The van der Waals surface area contributed by atoms with Gasteiger partial charge in [0, 0.05) is 12.7 Å². The predicted molar refractivity (Wildman–Crippen MR) is 60.5 cm³/mol. The molecule has 1 N–H and O–H groups in total. The maximum Gasteiger partial charge on any atom is 0.329 e. The Hall–Kier alpha value is -1.98. The lowest BCUT2D eigenvalue weighted by Crippen LogP contribution is -2.50. The van der Waals surface area contributed by atoms with E-state index in [0.29, 0.717) is 19.4 Å². The molecule has 1 aliphatic heterocycles. The van der Waals surface area contributed by atoms with Gasteiger partial charge in [-0.2, -0.15) is 0 Å². The number of aromatic nitrogens is 1. The number of rotatable bonds is 2. The van der Waals surface area contributed by atoms with Crippen LogP contribution in [0.3, 0.4) is 0 Å². The second-order valence-electron chi connectivity index (χ2n) is 4.53. The van der Waals surface area contributed by atoms with Crippen LogP contribution in [0.5, 0.6) is 0 Å². The minimum absolute atomic E-state index is 0.0735. The van der Waals surface area contributed by atoms with E-state index in [4.69, 9.17) is 0 Å². The monoisotopic (exact) mass is 252 g/mol. The molecule has 1 amide bonds. The Bertz CT molecular complexity index is 506. The number of halogens is 1. The second-order valence-corrected chi connectivity index (χ2v) is 4.53.